The Morgan fingerprint density at radius 2 is 1.90 bits per heavy atom. The third-order valence-corrected chi connectivity index (χ3v) is 2.76. The van der Waals surface area contributed by atoms with Crippen LogP contribution in [0, 0.1) is 10.1 Å². The first-order chi connectivity index (χ1) is 9.47. The van der Waals surface area contributed by atoms with Crippen molar-refractivity contribution in [2.45, 2.75) is 0 Å². The van der Waals surface area contributed by atoms with E-state index < -0.39 is 10.9 Å². The fourth-order valence-corrected chi connectivity index (χ4v) is 1.73. The van der Waals surface area contributed by atoms with Crippen LogP contribution in [0.3, 0.4) is 0 Å². The number of carboxylic acids is 1. The van der Waals surface area contributed by atoms with E-state index in [0.717, 1.165) is 0 Å². The van der Waals surface area contributed by atoms with E-state index in [-0.39, 0.29) is 27.8 Å². The van der Waals surface area contributed by atoms with Crippen molar-refractivity contribution < 1.29 is 19.6 Å². The second-order valence-electron chi connectivity index (χ2n) is 3.80. The molecule has 0 amide bonds. The lowest BCUT2D eigenvalue weighted by Crippen LogP contribution is -1.98. The molecule has 6 nitrogen and oxygen atoms in total. The number of nitro groups is 1. The molecule has 0 saturated carbocycles. The number of ether oxygens (including phenoxy) is 1. The highest BCUT2D eigenvalue weighted by Crippen LogP contribution is 2.28. The van der Waals surface area contributed by atoms with Gasteiger partial charge in [-0.25, -0.2) is 4.79 Å². The van der Waals surface area contributed by atoms with Crippen LogP contribution in [0.1, 0.15) is 10.4 Å². The van der Waals surface area contributed by atoms with E-state index in [1.54, 1.807) is 0 Å². The third-order valence-electron chi connectivity index (χ3n) is 2.43. The van der Waals surface area contributed by atoms with Crippen molar-refractivity contribution in [3.05, 3.63) is 63.2 Å². The number of non-ortho nitro benzene ring substituents is 1. The first-order valence-electron chi connectivity index (χ1n) is 5.42. The first kappa shape index (κ1) is 13.8. The van der Waals surface area contributed by atoms with E-state index in [1.165, 1.54) is 42.5 Å². The molecule has 0 aliphatic carbocycles. The Morgan fingerprint density at radius 1 is 1.20 bits per heavy atom. The van der Waals surface area contributed by atoms with Gasteiger partial charge in [0, 0.05) is 6.07 Å². The van der Waals surface area contributed by atoms with Gasteiger partial charge in [-0.2, -0.15) is 0 Å². The molecule has 2 rings (SSSR count). The number of benzene rings is 2. The van der Waals surface area contributed by atoms with Crippen LogP contribution in [0.25, 0.3) is 0 Å². The van der Waals surface area contributed by atoms with E-state index in [1.807, 2.05) is 0 Å². The van der Waals surface area contributed by atoms with E-state index in [0.29, 0.717) is 0 Å². The number of rotatable bonds is 4. The van der Waals surface area contributed by atoms with Gasteiger partial charge in [0.2, 0.25) is 0 Å². The smallest absolute Gasteiger partial charge is 0.337 e. The van der Waals surface area contributed by atoms with Crippen LogP contribution in [-0.2, 0) is 0 Å². The van der Waals surface area contributed by atoms with Crippen LogP contribution in [0.5, 0.6) is 11.5 Å². The molecule has 2 aromatic rings. The molecule has 0 spiro atoms. The van der Waals surface area contributed by atoms with E-state index >= 15 is 0 Å². The molecule has 0 heterocycles. The summed E-state index contributed by atoms with van der Waals surface area (Å²) in [6.45, 7) is 0. The quantitative estimate of drug-likeness (QED) is 0.685. The maximum atomic E-state index is 10.9. The molecule has 7 heteroatoms. The number of nitrogens with zero attached hydrogens (tertiary/aromatic N) is 1. The minimum atomic E-state index is -1.18. The first-order valence-corrected chi connectivity index (χ1v) is 5.80. The fourth-order valence-electron chi connectivity index (χ4n) is 1.53. The molecule has 0 radical (unpaired) electrons. The van der Waals surface area contributed by atoms with Crippen LogP contribution >= 0.6 is 11.6 Å². The van der Waals surface area contributed by atoms with Crippen molar-refractivity contribution in [2.75, 3.05) is 0 Å². The molecule has 1 N–H and O–H groups in total. The fraction of sp³-hybridized carbons (Fsp3) is 0. The van der Waals surface area contributed by atoms with Gasteiger partial charge >= 0.3 is 5.97 Å². The van der Waals surface area contributed by atoms with Gasteiger partial charge in [0.1, 0.15) is 11.5 Å². The highest BCUT2D eigenvalue weighted by atomic mass is 35.5. The lowest BCUT2D eigenvalue weighted by molar-refractivity contribution is -0.384. The zero-order valence-electron chi connectivity index (χ0n) is 9.95. The number of halogens is 1. The minimum Gasteiger partial charge on any atom is -0.478 e. The molecule has 20 heavy (non-hydrogen) atoms. The Hall–Kier alpha value is -2.60. The zero-order valence-corrected chi connectivity index (χ0v) is 10.7. The number of hydrogen-bond donors (Lipinski definition) is 1. The molecule has 0 unspecified atom stereocenters. The summed E-state index contributed by atoms with van der Waals surface area (Å²) in [5.41, 5.74) is -0.218. The van der Waals surface area contributed by atoms with Gasteiger partial charge in [-0.05, 0) is 24.3 Å². The maximum absolute atomic E-state index is 10.9. The van der Waals surface area contributed by atoms with Crippen molar-refractivity contribution in [3.63, 3.8) is 0 Å². The van der Waals surface area contributed by atoms with Gasteiger partial charge in [0.05, 0.1) is 21.6 Å². The highest BCUT2D eigenvalue weighted by Gasteiger charge is 2.11. The Balaban J connectivity index is 2.30. The predicted molar refractivity (Wildman–Crippen MR) is 71.6 cm³/mol. The van der Waals surface area contributed by atoms with Gasteiger partial charge in [0.15, 0.2) is 0 Å². The second kappa shape index (κ2) is 5.58. The summed E-state index contributed by atoms with van der Waals surface area (Å²) in [6.07, 6.45) is 0. The standard InChI is InChI=1S/C13H8ClNO5/c14-12-5-4-10(7-11(12)13(16)17)20-9-3-1-2-8(6-9)15(18)19/h1-7H,(H,16,17). The number of aromatic carboxylic acids is 1. The lowest BCUT2D eigenvalue weighted by Gasteiger charge is -2.07. The van der Waals surface area contributed by atoms with Crippen LogP contribution < -0.4 is 4.74 Å². The minimum absolute atomic E-state index is 0.0869. The zero-order chi connectivity index (χ0) is 14.7. The number of carbonyl (C=O) groups is 1. The number of carboxylic acid groups (broad SMARTS) is 1. The molecule has 0 aromatic heterocycles. The summed E-state index contributed by atoms with van der Waals surface area (Å²) in [5.74, 6) is -0.718. The molecule has 0 aliphatic heterocycles. The molecule has 0 saturated heterocycles. The average Bonchev–Trinajstić information content (AvgIpc) is 2.41. The monoisotopic (exact) mass is 293 g/mol. The summed E-state index contributed by atoms with van der Waals surface area (Å²) in [7, 11) is 0. The summed E-state index contributed by atoms with van der Waals surface area (Å²) in [4.78, 5) is 21.0. The van der Waals surface area contributed by atoms with Gasteiger partial charge < -0.3 is 9.84 Å². The summed E-state index contributed by atoms with van der Waals surface area (Å²) in [6, 6.07) is 9.70. The van der Waals surface area contributed by atoms with Crippen LogP contribution in [0.4, 0.5) is 5.69 Å². The summed E-state index contributed by atoms with van der Waals surface area (Å²) >= 11 is 5.74. The molecule has 0 bridgehead atoms. The Morgan fingerprint density at radius 3 is 2.55 bits per heavy atom. The molecular formula is C13H8ClNO5. The van der Waals surface area contributed by atoms with Crippen molar-refractivity contribution in [3.8, 4) is 11.5 Å². The largest absolute Gasteiger partial charge is 0.478 e. The van der Waals surface area contributed by atoms with Gasteiger partial charge in [-0.3, -0.25) is 10.1 Å². The van der Waals surface area contributed by atoms with Crippen molar-refractivity contribution in [1.29, 1.82) is 0 Å². The number of hydrogen-bond acceptors (Lipinski definition) is 4. The highest BCUT2D eigenvalue weighted by molar-refractivity contribution is 6.33. The Kier molecular flexibility index (Phi) is 3.86. The van der Waals surface area contributed by atoms with Crippen molar-refractivity contribution in [1.82, 2.24) is 0 Å². The normalized spacial score (nSPS) is 10.1. The Labute approximate surface area is 118 Å². The SMILES string of the molecule is O=C(O)c1cc(Oc2cccc([N+](=O)[O-])c2)ccc1Cl. The molecule has 102 valence electrons. The van der Waals surface area contributed by atoms with Crippen LogP contribution in [-0.4, -0.2) is 16.0 Å². The number of nitro benzene ring substituents is 1. The average molecular weight is 294 g/mol. The third kappa shape index (κ3) is 3.04. The van der Waals surface area contributed by atoms with Gasteiger partial charge in [-0.15, -0.1) is 0 Å². The van der Waals surface area contributed by atoms with E-state index in [2.05, 4.69) is 0 Å². The molecule has 0 atom stereocenters. The topological polar surface area (TPSA) is 89.7 Å². The molecule has 0 aliphatic rings. The van der Waals surface area contributed by atoms with E-state index in [4.69, 9.17) is 21.4 Å². The molecule has 2 aromatic carbocycles. The van der Waals surface area contributed by atoms with Crippen molar-refractivity contribution >= 4 is 23.3 Å². The van der Waals surface area contributed by atoms with Gasteiger partial charge in [-0.1, -0.05) is 17.7 Å². The van der Waals surface area contributed by atoms with E-state index in [9.17, 15) is 14.9 Å². The van der Waals surface area contributed by atoms with Crippen LogP contribution in [0.15, 0.2) is 42.5 Å². The summed E-state index contributed by atoms with van der Waals surface area (Å²) < 4.78 is 5.39. The van der Waals surface area contributed by atoms with Crippen molar-refractivity contribution in [2.24, 2.45) is 0 Å². The lowest BCUT2D eigenvalue weighted by atomic mass is 10.2. The second-order valence-corrected chi connectivity index (χ2v) is 4.21. The Bertz CT molecular complexity index is 686. The predicted octanol–water partition coefficient (Wildman–Crippen LogP) is 3.74. The molecule has 0 fully saturated rings. The maximum Gasteiger partial charge on any atom is 0.337 e. The van der Waals surface area contributed by atoms with Crippen LogP contribution in [0.2, 0.25) is 5.02 Å². The molecular weight excluding hydrogens is 286 g/mol. The summed E-state index contributed by atoms with van der Waals surface area (Å²) in [5, 5.41) is 19.7. The van der Waals surface area contributed by atoms with Gasteiger partial charge in [0.25, 0.3) is 5.69 Å².